The van der Waals surface area contributed by atoms with Crippen molar-refractivity contribution < 1.29 is 10.2 Å². The zero-order chi connectivity index (χ0) is 9.84. The van der Waals surface area contributed by atoms with E-state index in [0.29, 0.717) is 6.42 Å². The lowest BCUT2D eigenvalue weighted by Crippen LogP contribution is -2.26. The van der Waals surface area contributed by atoms with Gasteiger partial charge in [0, 0.05) is 6.04 Å². The number of aryl methyl sites for hydroxylation is 1. The van der Waals surface area contributed by atoms with E-state index >= 15 is 0 Å². The van der Waals surface area contributed by atoms with Gasteiger partial charge in [-0.3, -0.25) is 0 Å². The topological polar surface area (TPSA) is 66.5 Å². The summed E-state index contributed by atoms with van der Waals surface area (Å²) in [7, 11) is 0. The van der Waals surface area contributed by atoms with Gasteiger partial charge >= 0.3 is 0 Å². The number of nitrogens with two attached hydrogens (primary N) is 1. The molecule has 0 saturated carbocycles. The Kier molecular flexibility index (Phi) is 5.76. The molecule has 0 spiro atoms. The first-order valence-corrected chi connectivity index (χ1v) is 4.28. The summed E-state index contributed by atoms with van der Waals surface area (Å²) < 4.78 is 0. The number of halogens is 1. The van der Waals surface area contributed by atoms with E-state index in [1.807, 2.05) is 13.0 Å². The monoisotopic (exact) mass is 261 g/mol. The van der Waals surface area contributed by atoms with Gasteiger partial charge in [0.05, 0.1) is 6.61 Å². The summed E-state index contributed by atoms with van der Waals surface area (Å²) >= 11 is 0. The Morgan fingerprint density at radius 2 is 2.00 bits per heavy atom. The van der Waals surface area contributed by atoms with Crippen molar-refractivity contribution in [1.29, 1.82) is 0 Å². The minimum Gasteiger partial charge on any atom is -0.508 e. The van der Waals surface area contributed by atoms with Gasteiger partial charge in [-0.1, -0.05) is 6.07 Å². The molecule has 0 amide bonds. The molecular formula is C10H16BrNO2. The van der Waals surface area contributed by atoms with E-state index in [0.717, 1.165) is 11.1 Å². The Morgan fingerprint density at radius 1 is 1.36 bits per heavy atom. The molecule has 0 radical (unpaired) electrons. The van der Waals surface area contributed by atoms with Crippen molar-refractivity contribution in [2.24, 2.45) is 5.73 Å². The molecule has 0 fully saturated rings. The molecule has 1 aromatic carbocycles. The number of aromatic hydroxyl groups is 1. The Labute approximate surface area is 94.3 Å². The van der Waals surface area contributed by atoms with Crippen molar-refractivity contribution in [3.05, 3.63) is 29.3 Å². The molecule has 0 saturated heterocycles. The molecule has 3 nitrogen and oxygen atoms in total. The van der Waals surface area contributed by atoms with E-state index in [1.54, 1.807) is 12.1 Å². The molecule has 1 rings (SSSR count). The van der Waals surface area contributed by atoms with Crippen LogP contribution in [0.5, 0.6) is 5.75 Å². The molecule has 0 heterocycles. The molecule has 4 N–H and O–H groups in total. The average molecular weight is 262 g/mol. The van der Waals surface area contributed by atoms with Gasteiger partial charge in [-0.15, -0.1) is 17.0 Å². The minimum atomic E-state index is -0.249. The van der Waals surface area contributed by atoms with Crippen LogP contribution in [0.1, 0.15) is 11.1 Å². The average Bonchev–Trinajstić information content (AvgIpc) is 2.02. The van der Waals surface area contributed by atoms with Crippen molar-refractivity contribution in [1.82, 2.24) is 0 Å². The smallest absolute Gasteiger partial charge is 0.116 e. The molecule has 0 aliphatic carbocycles. The van der Waals surface area contributed by atoms with Crippen molar-refractivity contribution in [2.45, 2.75) is 19.4 Å². The van der Waals surface area contributed by atoms with Crippen molar-refractivity contribution in [2.75, 3.05) is 6.61 Å². The van der Waals surface area contributed by atoms with E-state index < -0.39 is 0 Å². The predicted octanol–water partition coefficient (Wildman–Crippen LogP) is 1.14. The summed E-state index contributed by atoms with van der Waals surface area (Å²) in [6.07, 6.45) is 0.589. The van der Waals surface area contributed by atoms with Crippen LogP contribution in [0.2, 0.25) is 0 Å². The Balaban J connectivity index is 0.00000169. The van der Waals surface area contributed by atoms with Crippen LogP contribution in [0.15, 0.2) is 18.2 Å². The minimum absolute atomic E-state index is 0. The Bertz CT molecular complexity index is 271. The molecule has 14 heavy (non-hydrogen) atoms. The summed E-state index contributed by atoms with van der Waals surface area (Å²) in [5.41, 5.74) is 7.53. The van der Waals surface area contributed by atoms with E-state index in [2.05, 4.69) is 0 Å². The molecule has 4 heteroatoms. The second-order valence-corrected chi connectivity index (χ2v) is 3.32. The zero-order valence-corrected chi connectivity index (χ0v) is 9.82. The molecular weight excluding hydrogens is 246 g/mol. The fraction of sp³-hybridized carbons (Fsp3) is 0.400. The third kappa shape index (κ3) is 4.09. The van der Waals surface area contributed by atoms with Crippen LogP contribution in [0.25, 0.3) is 0 Å². The van der Waals surface area contributed by atoms with Gasteiger partial charge < -0.3 is 15.9 Å². The fourth-order valence-corrected chi connectivity index (χ4v) is 1.33. The van der Waals surface area contributed by atoms with Crippen LogP contribution < -0.4 is 5.73 Å². The number of benzene rings is 1. The van der Waals surface area contributed by atoms with Gasteiger partial charge in [-0.25, -0.2) is 0 Å². The number of hydrogen-bond donors (Lipinski definition) is 3. The second kappa shape index (κ2) is 6.01. The van der Waals surface area contributed by atoms with E-state index in [-0.39, 0.29) is 35.4 Å². The summed E-state index contributed by atoms with van der Waals surface area (Å²) in [4.78, 5) is 0. The number of phenolic OH excluding ortho intramolecular Hbond substituents is 1. The highest BCUT2D eigenvalue weighted by Gasteiger charge is 2.03. The van der Waals surface area contributed by atoms with E-state index in [9.17, 15) is 5.11 Å². The number of aliphatic hydroxyl groups is 1. The third-order valence-electron chi connectivity index (χ3n) is 1.85. The first-order valence-electron chi connectivity index (χ1n) is 4.28. The van der Waals surface area contributed by atoms with Gasteiger partial charge in [0.15, 0.2) is 0 Å². The number of rotatable bonds is 3. The zero-order valence-electron chi connectivity index (χ0n) is 8.10. The number of phenols is 1. The fourth-order valence-electron chi connectivity index (χ4n) is 1.33. The molecule has 1 unspecified atom stereocenters. The first kappa shape index (κ1) is 13.4. The summed E-state index contributed by atoms with van der Waals surface area (Å²) in [6, 6.07) is 5.06. The highest BCUT2D eigenvalue weighted by molar-refractivity contribution is 8.93. The summed E-state index contributed by atoms with van der Waals surface area (Å²) in [5.74, 6) is 0.250. The van der Waals surface area contributed by atoms with Crippen LogP contribution in [0, 0.1) is 6.92 Å². The maximum Gasteiger partial charge on any atom is 0.116 e. The van der Waals surface area contributed by atoms with Crippen molar-refractivity contribution in [3.63, 3.8) is 0 Å². The third-order valence-corrected chi connectivity index (χ3v) is 1.85. The summed E-state index contributed by atoms with van der Waals surface area (Å²) in [6.45, 7) is 1.88. The van der Waals surface area contributed by atoms with Crippen LogP contribution in [-0.2, 0) is 6.42 Å². The van der Waals surface area contributed by atoms with Gasteiger partial charge in [0.25, 0.3) is 0 Å². The molecule has 1 aromatic rings. The Morgan fingerprint density at radius 3 is 2.50 bits per heavy atom. The molecule has 0 aromatic heterocycles. The van der Waals surface area contributed by atoms with E-state index in [1.165, 1.54) is 0 Å². The SMILES string of the molecule is Br.Cc1cc(O)cc(CC(N)CO)c1. The highest BCUT2D eigenvalue weighted by atomic mass is 79.9. The standard InChI is InChI=1S/C10H15NO2.BrH/c1-7-2-8(4-9(11)6-12)5-10(13)3-7;/h2-3,5,9,12-13H,4,6,11H2,1H3;1H. The molecule has 80 valence electrons. The normalized spacial score (nSPS) is 11.9. The predicted molar refractivity (Wildman–Crippen MR) is 61.9 cm³/mol. The van der Waals surface area contributed by atoms with Crippen LogP contribution >= 0.6 is 17.0 Å². The molecule has 0 bridgehead atoms. The van der Waals surface area contributed by atoms with Crippen molar-refractivity contribution in [3.8, 4) is 5.75 Å². The molecule has 0 aliphatic heterocycles. The van der Waals surface area contributed by atoms with Gasteiger partial charge in [-0.2, -0.15) is 0 Å². The summed E-state index contributed by atoms with van der Waals surface area (Å²) in [5, 5.41) is 18.0. The number of hydrogen-bond acceptors (Lipinski definition) is 3. The maximum atomic E-state index is 9.28. The van der Waals surface area contributed by atoms with Crippen LogP contribution in [0.4, 0.5) is 0 Å². The quantitative estimate of drug-likeness (QED) is 0.765. The first-order chi connectivity index (χ1) is 6.11. The highest BCUT2D eigenvalue weighted by Crippen LogP contribution is 2.15. The van der Waals surface area contributed by atoms with Crippen molar-refractivity contribution >= 4 is 17.0 Å². The van der Waals surface area contributed by atoms with Crippen LogP contribution in [-0.4, -0.2) is 22.9 Å². The van der Waals surface area contributed by atoms with E-state index in [4.69, 9.17) is 10.8 Å². The van der Waals surface area contributed by atoms with Gasteiger partial charge in [-0.05, 0) is 36.6 Å². The molecule has 0 aliphatic rings. The lowest BCUT2D eigenvalue weighted by atomic mass is 10.0. The van der Waals surface area contributed by atoms with Crippen LogP contribution in [0.3, 0.4) is 0 Å². The second-order valence-electron chi connectivity index (χ2n) is 3.32. The van der Waals surface area contributed by atoms with Gasteiger partial charge in [0.2, 0.25) is 0 Å². The lowest BCUT2D eigenvalue weighted by Gasteiger charge is -2.08. The maximum absolute atomic E-state index is 9.28. The molecule has 1 atom stereocenters. The number of aliphatic hydroxyl groups excluding tert-OH is 1. The lowest BCUT2D eigenvalue weighted by molar-refractivity contribution is 0.265. The Hall–Kier alpha value is -0.580. The van der Waals surface area contributed by atoms with Gasteiger partial charge in [0.1, 0.15) is 5.75 Å². The largest absolute Gasteiger partial charge is 0.508 e.